The van der Waals surface area contributed by atoms with Crippen LogP contribution in [-0.4, -0.2) is 16.9 Å². The van der Waals surface area contributed by atoms with E-state index in [1.165, 1.54) is 12.8 Å². The zero-order valence-electron chi connectivity index (χ0n) is 11.5. The van der Waals surface area contributed by atoms with E-state index >= 15 is 0 Å². The fourth-order valence-electron chi connectivity index (χ4n) is 1.19. The minimum Gasteiger partial charge on any atom is -0.481 e. The molecular weight excluding hydrogens is 228 g/mol. The van der Waals surface area contributed by atoms with Gasteiger partial charge in [0, 0.05) is 19.3 Å². The highest BCUT2D eigenvalue weighted by Crippen LogP contribution is 2.03. The first-order valence-electron chi connectivity index (χ1n) is 6.53. The maximum atomic E-state index is 11.0. The topological polar surface area (TPSA) is 54.4 Å². The van der Waals surface area contributed by atoms with Crippen LogP contribution in [0.2, 0.25) is 0 Å². The van der Waals surface area contributed by atoms with Crippen molar-refractivity contribution < 1.29 is 14.7 Å². The van der Waals surface area contributed by atoms with Crippen LogP contribution >= 0.6 is 0 Å². The maximum Gasteiger partial charge on any atom is 0.303 e. The molecule has 3 nitrogen and oxygen atoms in total. The molecule has 0 aromatic heterocycles. The van der Waals surface area contributed by atoms with Gasteiger partial charge in [0.1, 0.15) is 5.78 Å². The number of hydrogen-bond acceptors (Lipinski definition) is 2. The second-order valence-electron chi connectivity index (χ2n) is 4.04. The van der Waals surface area contributed by atoms with E-state index in [2.05, 4.69) is 20.1 Å². The molecule has 0 atom stereocenters. The highest BCUT2D eigenvalue weighted by Gasteiger charge is 1.98. The van der Waals surface area contributed by atoms with Crippen molar-refractivity contribution >= 4 is 11.8 Å². The number of allylic oxidation sites excluding steroid dienone is 2. The van der Waals surface area contributed by atoms with E-state index < -0.39 is 5.97 Å². The predicted octanol–water partition coefficient (Wildman–Crippen LogP) is 4.14. The third-order valence-corrected chi connectivity index (χ3v) is 2.25. The Morgan fingerprint density at radius 1 is 1.00 bits per heavy atom. The molecule has 0 bridgehead atoms. The van der Waals surface area contributed by atoms with Crippen LogP contribution in [0.25, 0.3) is 0 Å². The summed E-state index contributed by atoms with van der Waals surface area (Å²) in [4.78, 5) is 20.7. The molecule has 1 N–H and O–H groups in total. The molecule has 0 unspecified atom stereocenters. The van der Waals surface area contributed by atoms with Crippen molar-refractivity contribution in [2.45, 2.75) is 58.3 Å². The van der Waals surface area contributed by atoms with E-state index in [4.69, 9.17) is 5.11 Å². The number of carbonyl (C=O) groups excluding carboxylic acids is 1. The smallest absolute Gasteiger partial charge is 0.303 e. The standard InChI is InChI=1S/C10H18O.C5H8O2/c1-3-5-7-9-10(11)8-6-4-2;1-2-3-4-5(6)7/h4H,2-3,5-9H2,1H3;2H,1,3-4H2,(H,6,7). The Morgan fingerprint density at radius 3 is 1.94 bits per heavy atom. The molecule has 0 saturated carbocycles. The van der Waals surface area contributed by atoms with Crippen molar-refractivity contribution in [3.63, 3.8) is 0 Å². The van der Waals surface area contributed by atoms with Crippen molar-refractivity contribution in [2.75, 3.05) is 0 Å². The van der Waals surface area contributed by atoms with Crippen LogP contribution in [0.15, 0.2) is 25.3 Å². The lowest BCUT2D eigenvalue weighted by atomic mass is 10.1. The van der Waals surface area contributed by atoms with E-state index in [0.717, 1.165) is 19.3 Å². The van der Waals surface area contributed by atoms with Gasteiger partial charge in [-0.2, -0.15) is 0 Å². The van der Waals surface area contributed by atoms with Gasteiger partial charge in [-0.3, -0.25) is 9.59 Å². The summed E-state index contributed by atoms with van der Waals surface area (Å²) in [5, 5.41) is 8.00. The van der Waals surface area contributed by atoms with Gasteiger partial charge in [0.2, 0.25) is 0 Å². The predicted molar refractivity (Wildman–Crippen MR) is 75.6 cm³/mol. The molecule has 0 aromatic rings. The molecule has 0 fully saturated rings. The quantitative estimate of drug-likeness (QED) is 0.471. The number of hydrogen-bond donors (Lipinski definition) is 1. The summed E-state index contributed by atoms with van der Waals surface area (Å²) in [6.45, 7) is 9.09. The number of carboxylic acid groups (broad SMARTS) is 1. The van der Waals surface area contributed by atoms with E-state index in [0.29, 0.717) is 18.6 Å². The monoisotopic (exact) mass is 254 g/mol. The third-order valence-electron chi connectivity index (χ3n) is 2.25. The largest absolute Gasteiger partial charge is 0.481 e. The average Bonchev–Trinajstić information content (AvgIpc) is 2.35. The number of unbranched alkanes of at least 4 members (excludes halogenated alkanes) is 2. The van der Waals surface area contributed by atoms with E-state index in [1.807, 2.05) is 0 Å². The van der Waals surface area contributed by atoms with Crippen molar-refractivity contribution in [2.24, 2.45) is 0 Å². The summed E-state index contributed by atoms with van der Waals surface area (Å²) in [5.74, 6) is -0.377. The van der Waals surface area contributed by atoms with E-state index in [-0.39, 0.29) is 6.42 Å². The van der Waals surface area contributed by atoms with Gasteiger partial charge in [-0.1, -0.05) is 31.9 Å². The molecule has 0 heterocycles. The molecule has 0 aliphatic heterocycles. The summed E-state index contributed by atoms with van der Waals surface area (Å²) in [5.41, 5.74) is 0. The van der Waals surface area contributed by atoms with E-state index in [9.17, 15) is 9.59 Å². The molecule has 0 saturated heterocycles. The van der Waals surface area contributed by atoms with Crippen LogP contribution in [0.1, 0.15) is 58.3 Å². The van der Waals surface area contributed by atoms with Crippen LogP contribution in [0.5, 0.6) is 0 Å². The average molecular weight is 254 g/mol. The molecule has 18 heavy (non-hydrogen) atoms. The van der Waals surface area contributed by atoms with Crippen LogP contribution in [0, 0.1) is 0 Å². The molecule has 0 aliphatic rings. The molecule has 0 aromatic carbocycles. The zero-order valence-corrected chi connectivity index (χ0v) is 11.5. The van der Waals surface area contributed by atoms with Crippen LogP contribution in [0.3, 0.4) is 0 Å². The lowest BCUT2D eigenvalue weighted by molar-refractivity contribution is -0.136. The molecular formula is C15H26O3. The number of aliphatic carboxylic acids is 1. The summed E-state index contributed by atoms with van der Waals surface area (Å²) >= 11 is 0. The summed E-state index contributed by atoms with van der Waals surface area (Å²) in [6, 6.07) is 0. The van der Waals surface area contributed by atoms with Gasteiger partial charge in [0.15, 0.2) is 0 Å². The lowest BCUT2D eigenvalue weighted by Crippen LogP contribution is -1.95. The van der Waals surface area contributed by atoms with E-state index in [1.54, 1.807) is 12.2 Å². The van der Waals surface area contributed by atoms with Crippen LogP contribution in [-0.2, 0) is 9.59 Å². The zero-order chi connectivity index (χ0) is 14.2. The summed E-state index contributed by atoms with van der Waals surface area (Å²) < 4.78 is 0. The van der Waals surface area contributed by atoms with Gasteiger partial charge in [-0.25, -0.2) is 0 Å². The minimum atomic E-state index is -0.764. The van der Waals surface area contributed by atoms with Crippen LogP contribution < -0.4 is 0 Å². The Labute approximate surface area is 111 Å². The normalized spacial score (nSPS) is 8.94. The second kappa shape index (κ2) is 15.6. The maximum absolute atomic E-state index is 11.0. The first-order valence-corrected chi connectivity index (χ1v) is 6.53. The Hall–Kier alpha value is -1.38. The molecule has 0 amide bonds. The number of carboxylic acids is 1. The molecule has 0 spiro atoms. The van der Waals surface area contributed by atoms with Crippen molar-refractivity contribution in [1.82, 2.24) is 0 Å². The molecule has 0 radical (unpaired) electrons. The van der Waals surface area contributed by atoms with Gasteiger partial charge in [0.25, 0.3) is 0 Å². The minimum absolute atomic E-state index is 0.198. The number of rotatable bonds is 10. The SMILES string of the molecule is C=CCCC(=O)CCCCC.C=CCCC(=O)O. The molecule has 0 aliphatic carbocycles. The number of Topliss-reactive ketones (excluding diaryl/α,β-unsaturated/α-hetero) is 1. The Bertz CT molecular complexity index is 244. The fourth-order valence-corrected chi connectivity index (χ4v) is 1.19. The summed E-state index contributed by atoms with van der Waals surface area (Å²) in [6.07, 6.45) is 9.88. The number of carbonyl (C=O) groups is 2. The Kier molecular flexibility index (Phi) is 16.5. The lowest BCUT2D eigenvalue weighted by Gasteiger charge is -1.96. The first-order chi connectivity index (χ1) is 8.58. The highest BCUT2D eigenvalue weighted by molar-refractivity contribution is 5.78. The third kappa shape index (κ3) is 20.1. The molecule has 3 heteroatoms. The van der Waals surface area contributed by atoms with Crippen molar-refractivity contribution in [3.05, 3.63) is 25.3 Å². The Morgan fingerprint density at radius 2 is 1.56 bits per heavy atom. The van der Waals surface area contributed by atoms with Gasteiger partial charge in [-0.05, 0) is 19.3 Å². The van der Waals surface area contributed by atoms with Crippen LogP contribution in [0.4, 0.5) is 0 Å². The van der Waals surface area contributed by atoms with Crippen molar-refractivity contribution in [1.29, 1.82) is 0 Å². The number of ketones is 1. The summed E-state index contributed by atoms with van der Waals surface area (Å²) in [7, 11) is 0. The molecule has 0 rings (SSSR count). The highest BCUT2D eigenvalue weighted by atomic mass is 16.4. The Balaban J connectivity index is 0. The van der Waals surface area contributed by atoms with Gasteiger partial charge < -0.3 is 5.11 Å². The van der Waals surface area contributed by atoms with Gasteiger partial charge >= 0.3 is 5.97 Å². The van der Waals surface area contributed by atoms with Crippen molar-refractivity contribution in [3.8, 4) is 0 Å². The van der Waals surface area contributed by atoms with Gasteiger partial charge in [0.05, 0.1) is 0 Å². The first kappa shape index (κ1) is 19.0. The molecule has 104 valence electrons. The fraction of sp³-hybridized carbons (Fsp3) is 0.600. The second-order valence-corrected chi connectivity index (χ2v) is 4.04. The van der Waals surface area contributed by atoms with Gasteiger partial charge in [-0.15, -0.1) is 13.2 Å².